The predicted molar refractivity (Wildman–Crippen MR) is 69.8 cm³/mol. The van der Waals surface area contributed by atoms with Crippen LogP contribution in [0.25, 0.3) is 16.8 Å². The van der Waals surface area contributed by atoms with Gasteiger partial charge in [0.2, 0.25) is 0 Å². The number of halogens is 3. The molecule has 0 aliphatic rings. The first-order valence-corrected chi connectivity index (χ1v) is 6.07. The fraction of sp³-hybridized carbons (Fsp3) is 0.143. The van der Waals surface area contributed by atoms with Crippen LogP contribution in [0.2, 0.25) is 0 Å². The van der Waals surface area contributed by atoms with Gasteiger partial charge in [0.05, 0.1) is 17.4 Å². The molecule has 0 atom stereocenters. The maximum absolute atomic E-state index is 12.2. The lowest BCUT2D eigenvalue weighted by Gasteiger charge is -2.11. The molecule has 4 nitrogen and oxygen atoms in total. The van der Waals surface area contributed by atoms with Gasteiger partial charge in [-0.25, -0.2) is 9.97 Å². The summed E-state index contributed by atoms with van der Waals surface area (Å²) in [6.07, 6.45) is 0.223. The average molecular weight is 293 g/mol. The van der Waals surface area contributed by atoms with Crippen LogP contribution in [0, 0.1) is 6.92 Å². The Hall–Kier alpha value is -2.57. The quantitative estimate of drug-likeness (QED) is 0.724. The minimum absolute atomic E-state index is 0.241. The van der Waals surface area contributed by atoms with Gasteiger partial charge in [-0.1, -0.05) is 0 Å². The molecule has 0 amide bonds. The number of aromatic nitrogens is 3. The van der Waals surface area contributed by atoms with E-state index in [0.717, 1.165) is 11.1 Å². The molecule has 0 spiro atoms. The summed E-state index contributed by atoms with van der Waals surface area (Å²) in [5, 5.41) is 0. The first kappa shape index (κ1) is 13.4. The van der Waals surface area contributed by atoms with Crippen LogP contribution < -0.4 is 4.74 Å². The fourth-order valence-corrected chi connectivity index (χ4v) is 2.09. The molecule has 0 fully saturated rings. The van der Waals surface area contributed by atoms with Crippen molar-refractivity contribution < 1.29 is 17.9 Å². The van der Waals surface area contributed by atoms with Gasteiger partial charge in [0.1, 0.15) is 18.4 Å². The van der Waals surface area contributed by atoms with Gasteiger partial charge in [0.15, 0.2) is 0 Å². The Bertz CT molecular complexity index is 796. The topological polar surface area (TPSA) is 39.4 Å². The van der Waals surface area contributed by atoms with E-state index in [1.54, 1.807) is 36.2 Å². The van der Waals surface area contributed by atoms with Gasteiger partial charge in [-0.2, -0.15) is 0 Å². The summed E-state index contributed by atoms with van der Waals surface area (Å²) in [6, 6.07) is 5.99. The lowest BCUT2D eigenvalue weighted by atomic mass is 10.1. The minimum atomic E-state index is -4.69. The van der Waals surface area contributed by atoms with Crippen molar-refractivity contribution in [2.45, 2.75) is 13.3 Å². The van der Waals surface area contributed by atoms with Crippen LogP contribution in [0.3, 0.4) is 0 Å². The van der Waals surface area contributed by atoms with E-state index in [2.05, 4.69) is 14.7 Å². The van der Waals surface area contributed by atoms with E-state index in [0.29, 0.717) is 11.3 Å². The predicted octanol–water partition coefficient (Wildman–Crippen LogP) is 3.60. The average Bonchev–Trinajstić information content (AvgIpc) is 2.84. The van der Waals surface area contributed by atoms with Crippen LogP contribution in [0.5, 0.6) is 5.75 Å². The van der Waals surface area contributed by atoms with Gasteiger partial charge in [0.25, 0.3) is 0 Å². The normalized spacial score (nSPS) is 11.8. The highest BCUT2D eigenvalue weighted by Gasteiger charge is 2.31. The van der Waals surface area contributed by atoms with Crippen molar-refractivity contribution in [3.63, 3.8) is 0 Å². The minimum Gasteiger partial charge on any atom is -0.406 e. The van der Waals surface area contributed by atoms with Crippen LogP contribution in [0.1, 0.15) is 5.56 Å². The summed E-state index contributed by atoms with van der Waals surface area (Å²) in [4.78, 5) is 8.27. The second kappa shape index (κ2) is 4.76. The Balaban J connectivity index is 1.98. The number of aryl methyl sites for hydroxylation is 1. The molecule has 0 N–H and O–H groups in total. The molecule has 0 radical (unpaired) electrons. The summed E-state index contributed by atoms with van der Waals surface area (Å²) in [5.74, 6) is -0.241. The fourth-order valence-electron chi connectivity index (χ4n) is 2.09. The summed E-state index contributed by atoms with van der Waals surface area (Å²) in [5.41, 5.74) is 2.91. The summed E-state index contributed by atoms with van der Waals surface area (Å²) < 4.78 is 42.2. The standard InChI is InChI=1S/C14H10F3N3O/c1-9-4-11(21-14(15,16)17)2-3-12(9)13-5-10-6-18-7-20(10)8-19-13/h2-8H,1H3. The molecule has 108 valence electrons. The monoisotopic (exact) mass is 293 g/mol. The number of hydrogen-bond donors (Lipinski definition) is 0. The van der Waals surface area contributed by atoms with Gasteiger partial charge in [-0.15, -0.1) is 13.2 Å². The van der Waals surface area contributed by atoms with E-state index in [-0.39, 0.29) is 5.75 Å². The van der Waals surface area contributed by atoms with Gasteiger partial charge >= 0.3 is 6.36 Å². The highest BCUT2D eigenvalue weighted by Crippen LogP contribution is 2.29. The Kier molecular flexibility index (Phi) is 3.04. The van der Waals surface area contributed by atoms with Crippen molar-refractivity contribution in [1.82, 2.24) is 14.4 Å². The second-order valence-electron chi connectivity index (χ2n) is 4.52. The first-order chi connectivity index (χ1) is 9.92. The highest BCUT2D eigenvalue weighted by molar-refractivity contribution is 5.68. The molecule has 3 rings (SSSR count). The van der Waals surface area contributed by atoms with Crippen molar-refractivity contribution in [2.75, 3.05) is 0 Å². The maximum Gasteiger partial charge on any atom is 0.573 e. The zero-order valence-corrected chi connectivity index (χ0v) is 10.9. The van der Waals surface area contributed by atoms with Gasteiger partial charge in [-0.05, 0) is 36.8 Å². The lowest BCUT2D eigenvalue weighted by molar-refractivity contribution is -0.274. The summed E-state index contributed by atoms with van der Waals surface area (Å²) >= 11 is 0. The molecule has 0 aliphatic heterocycles. The molecule has 2 heterocycles. The molecule has 0 bridgehead atoms. The molecule has 0 saturated heterocycles. The number of nitrogens with zero attached hydrogens (tertiary/aromatic N) is 3. The number of rotatable bonds is 2. The van der Waals surface area contributed by atoms with Crippen molar-refractivity contribution >= 4 is 5.52 Å². The SMILES string of the molecule is Cc1cc(OC(F)(F)F)ccc1-c1cc2cncn2cn1. The van der Waals surface area contributed by atoms with E-state index < -0.39 is 6.36 Å². The zero-order chi connectivity index (χ0) is 15.0. The zero-order valence-electron chi connectivity index (χ0n) is 10.9. The van der Waals surface area contributed by atoms with Gasteiger partial charge in [-0.3, -0.25) is 4.40 Å². The van der Waals surface area contributed by atoms with E-state index in [1.165, 1.54) is 12.1 Å². The molecule has 2 aromatic heterocycles. The Morgan fingerprint density at radius 2 is 1.95 bits per heavy atom. The summed E-state index contributed by atoms with van der Waals surface area (Å²) in [6.45, 7) is 1.71. The third-order valence-electron chi connectivity index (χ3n) is 3.01. The van der Waals surface area contributed by atoms with Crippen LogP contribution in [-0.2, 0) is 0 Å². The largest absolute Gasteiger partial charge is 0.573 e. The smallest absolute Gasteiger partial charge is 0.406 e. The van der Waals surface area contributed by atoms with Crippen LogP contribution in [-0.4, -0.2) is 20.7 Å². The van der Waals surface area contributed by atoms with Gasteiger partial charge in [0, 0.05) is 5.56 Å². The number of hydrogen-bond acceptors (Lipinski definition) is 3. The summed E-state index contributed by atoms with van der Waals surface area (Å²) in [7, 11) is 0. The molecule has 3 aromatic rings. The van der Waals surface area contributed by atoms with Gasteiger partial charge < -0.3 is 4.74 Å². The number of ether oxygens (including phenoxy) is 1. The number of fused-ring (bicyclic) bond motifs is 1. The first-order valence-electron chi connectivity index (χ1n) is 6.07. The highest BCUT2D eigenvalue weighted by atomic mass is 19.4. The Labute approximate surface area is 117 Å². The molecule has 0 aliphatic carbocycles. The Morgan fingerprint density at radius 1 is 1.14 bits per heavy atom. The van der Waals surface area contributed by atoms with E-state index >= 15 is 0 Å². The molecule has 0 unspecified atom stereocenters. The number of alkyl halides is 3. The molecular formula is C14H10F3N3O. The molecular weight excluding hydrogens is 283 g/mol. The number of imidazole rings is 1. The van der Waals surface area contributed by atoms with E-state index in [4.69, 9.17) is 0 Å². The third-order valence-corrected chi connectivity index (χ3v) is 3.01. The van der Waals surface area contributed by atoms with E-state index in [9.17, 15) is 13.2 Å². The van der Waals surface area contributed by atoms with Crippen LogP contribution >= 0.6 is 0 Å². The van der Waals surface area contributed by atoms with Crippen molar-refractivity contribution in [2.24, 2.45) is 0 Å². The van der Waals surface area contributed by atoms with Crippen molar-refractivity contribution in [3.8, 4) is 17.0 Å². The number of benzene rings is 1. The maximum atomic E-state index is 12.2. The van der Waals surface area contributed by atoms with Crippen molar-refractivity contribution in [1.29, 1.82) is 0 Å². The van der Waals surface area contributed by atoms with E-state index in [1.807, 2.05) is 6.07 Å². The van der Waals surface area contributed by atoms with Crippen LogP contribution in [0.4, 0.5) is 13.2 Å². The Morgan fingerprint density at radius 3 is 2.67 bits per heavy atom. The lowest BCUT2D eigenvalue weighted by Crippen LogP contribution is -2.17. The molecule has 7 heteroatoms. The molecule has 0 saturated carbocycles. The van der Waals surface area contributed by atoms with Crippen LogP contribution in [0.15, 0.2) is 43.1 Å². The molecule has 21 heavy (non-hydrogen) atoms. The second-order valence-corrected chi connectivity index (χ2v) is 4.52. The molecule has 1 aromatic carbocycles. The van der Waals surface area contributed by atoms with Crippen molar-refractivity contribution in [3.05, 3.63) is 48.7 Å². The third kappa shape index (κ3) is 2.81.